The summed E-state index contributed by atoms with van der Waals surface area (Å²) in [5, 5.41) is 6.54. The topological polar surface area (TPSA) is 78.0 Å². The Bertz CT molecular complexity index is 763. The number of likely N-dealkylation sites (N-methyl/N-ethyl adjacent to an activating group) is 1. The molecule has 0 atom stereocenters. The minimum atomic E-state index is -0.380. The summed E-state index contributed by atoms with van der Waals surface area (Å²) in [6.45, 7) is 3.50. The lowest BCUT2D eigenvalue weighted by atomic mass is 10.3. The molecule has 0 bridgehead atoms. The molecule has 1 aromatic heterocycles. The third-order valence-electron chi connectivity index (χ3n) is 4.45. The molecule has 1 saturated heterocycles. The van der Waals surface area contributed by atoms with E-state index in [1.807, 2.05) is 24.2 Å². The number of nitrogens with zero attached hydrogens (tertiary/aromatic N) is 4. The molecule has 142 valence electrons. The van der Waals surface area contributed by atoms with Gasteiger partial charge in [0.15, 0.2) is 5.75 Å². The summed E-state index contributed by atoms with van der Waals surface area (Å²) in [6, 6.07) is 10.8. The highest BCUT2D eigenvalue weighted by Gasteiger charge is 2.22. The largest absolute Gasteiger partial charge is 0.423 e. The lowest BCUT2D eigenvalue weighted by Gasteiger charge is -2.40. The molecule has 27 heavy (non-hydrogen) atoms. The predicted octanol–water partition coefficient (Wildman–Crippen LogP) is 1.22. The summed E-state index contributed by atoms with van der Waals surface area (Å²) >= 11 is 0. The van der Waals surface area contributed by atoms with Crippen molar-refractivity contribution < 1.29 is 14.3 Å². The van der Waals surface area contributed by atoms with Crippen molar-refractivity contribution >= 4 is 23.8 Å². The first kappa shape index (κ1) is 18.8. The van der Waals surface area contributed by atoms with Gasteiger partial charge in [-0.05, 0) is 24.3 Å². The number of carbonyl (C=O) groups is 2. The average Bonchev–Trinajstić information content (AvgIpc) is 2.70. The number of hydrazine groups is 1. The summed E-state index contributed by atoms with van der Waals surface area (Å²) in [7, 11) is 1.87. The number of pyridine rings is 1. The van der Waals surface area contributed by atoms with Crippen LogP contribution in [0.3, 0.4) is 0 Å². The fourth-order valence-corrected chi connectivity index (χ4v) is 3.03. The monoisotopic (exact) mass is 369 g/mol. The maximum absolute atomic E-state index is 12.3. The molecule has 1 aromatic carbocycles. The minimum absolute atomic E-state index is 0.130. The van der Waals surface area contributed by atoms with Crippen LogP contribution in [0.25, 0.3) is 0 Å². The first-order valence-electron chi connectivity index (χ1n) is 8.78. The summed E-state index contributed by atoms with van der Waals surface area (Å²) in [5.41, 5.74) is 1.63. The number of para-hydroxylation sites is 2. The van der Waals surface area contributed by atoms with E-state index in [1.54, 1.807) is 36.7 Å². The fourth-order valence-electron chi connectivity index (χ4n) is 3.03. The number of nitrogens with one attached hydrogen (secondary N) is 1. The van der Waals surface area contributed by atoms with E-state index in [4.69, 9.17) is 4.74 Å². The Kier molecular flexibility index (Phi) is 6.35. The molecule has 0 aliphatic carbocycles. The van der Waals surface area contributed by atoms with Crippen LogP contribution < -0.4 is 15.0 Å². The lowest BCUT2D eigenvalue weighted by molar-refractivity contribution is -0.140. The van der Waals surface area contributed by atoms with Crippen LogP contribution in [0, 0.1) is 0 Å². The van der Waals surface area contributed by atoms with Crippen molar-refractivity contribution in [3.05, 3.63) is 48.8 Å². The van der Waals surface area contributed by atoms with Crippen LogP contribution in [-0.4, -0.2) is 67.2 Å². The number of esters is 1. The van der Waals surface area contributed by atoms with Crippen LogP contribution in [0.2, 0.25) is 0 Å². The average molecular weight is 369 g/mol. The van der Waals surface area contributed by atoms with Crippen molar-refractivity contribution in [3.63, 3.8) is 0 Å². The van der Waals surface area contributed by atoms with E-state index in [-0.39, 0.29) is 12.5 Å². The number of hydrogen-bond acceptors (Lipinski definition) is 7. The molecule has 0 saturated carbocycles. The normalized spacial score (nSPS) is 14.8. The zero-order chi connectivity index (χ0) is 19.1. The van der Waals surface area contributed by atoms with Crippen LogP contribution in [0.1, 0.15) is 0 Å². The number of hydrogen-bond donors (Lipinski definition) is 1. The lowest BCUT2D eigenvalue weighted by Crippen LogP contribution is -2.54. The zero-order valence-corrected chi connectivity index (χ0v) is 15.2. The van der Waals surface area contributed by atoms with E-state index < -0.39 is 0 Å². The molecule has 1 amide bonds. The van der Waals surface area contributed by atoms with Gasteiger partial charge in [0.2, 0.25) is 6.41 Å². The highest BCUT2D eigenvalue weighted by atomic mass is 16.5. The molecule has 0 spiro atoms. The van der Waals surface area contributed by atoms with Gasteiger partial charge in [-0.3, -0.25) is 14.6 Å². The van der Waals surface area contributed by atoms with E-state index >= 15 is 0 Å². The van der Waals surface area contributed by atoms with Gasteiger partial charge >= 0.3 is 5.97 Å². The van der Waals surface area contributed by atoms with Crippen molar-refractivity contribution in [1.82, 2.24) is 15.0 Å². The van der Waals surface area contributed by atoms with E-state index in [1.165, 1.54) is 0 Å². The van der Waals surface area contributed by atoms with Gasteiger partial charge in [-0.15, -0.1) is 0 Å². The second kappa shape index (κ2) is 9.11. The Balaban J connectivity index is 1.50. The van der Waals surface area contributed by atoms with Crippen LogP contribution in [0.5, 0.6) is 5.75 Å². The second-order valence-electron chi connectivity index (χ2n) is 6.19. The summed E-state index contributed by atoms with van der Waals surface area (Å²) in [6.07, 6.45) is 4.14. The molecule has 0 unspecified atom stereocenters. The number of amides is 1. The first-order valence-corrected chi connectivity index (χ1v) is 8.78. The van der Waals surface area contributed by atoms with Crippen molar-refractivity contribution in [2.45, 2.75) is 0 Å². The third-order valence-corrected chi connectivity index (χ3v) is 4.45. The van der Waals surface area contributed by atoms with Gasteiger partial charge in [0.1, 0.15) is 6.54 Å². The maximum Gasteiger partial charge on any atom is 0.327 e. The zero-order valence-electron chi connectivity index (χ0n) is 15.2. The highest BCUT2D eigenvalue weighted by Crippen LogP contribution is 2.23. The number of anilines is 2. The standard InChI is InChI=1S/C19H23N5O3/c1-22(14-19(26)27-18-5-3-2-4-17(18)21-15-25)24-12-10-23(11-13-24)16-6-8-20-9-7-16/h2-9,15H,10-14H2,1H3,(H,21,25). The van der Waals surface area contributed by atoms with Crippen molar-refractivity contribution in [2.24, 2.45) is 0 Å². The van der Waals surface area contributed by atoms with Gasteiger partial charge in [-0.1, -0.05) is 12.1 Å². The van der Waals surface area contributed by atoms with Gasteiger partial charge in [0, 0.05) is 51.3 Å². The van der Waals surface area contributed by atoms with Crippen LogP contribution in [0.15, 0.2) is 48.8 Å². The molecular formula is C19H23N5O3. The molecule has 1 fully saturated rings. The number of carbonyl (C=O) groups excluding carboxylic acids is 2. The number of rotatable bonds is 7. The number of aromatic nitrogens is 1. The molecule has 3 rings (SSSR count). The van der Waals surface area contributed by atoms with E-state index in [0.29, 0.717) is 17.8 Å². The van der Waals surface area contributed by atoms with E-state index in [0.717, 1.165) is 31.9 Å². The van der Waals surface area contributed by atoms with Crippen LogP contribution in [0.4, 0.5) is 11.4 Å². The van der Waals surface area contributed by atoms with Gasteiger partial charge in [-0.2, -0.15) is 0 Å². The van der Waals surface area contributed by atoms with Gasteiger partial charge < -0.3 is 15.0 Å². The number of benzene rings is 1. The number of piperazine rings is 1. The quantitative estimate of drug-likeness (QED) is 0.447. The Hall–Kier alpha value is -2.97. The van der Waals surface area contributed by atoms with Gasteiger partial charge in [-0.25, -0.2) is 10.0 Å². The van der Waals surface area contributed by atoms with Gasteiger partial charge in [0.05, 0.1) is 5.69 Å². The second-order valence-corrected chi connectivity index (χ2v) is 6.19. The highest BCUT2D eigenvalue weighted by molar-refractivity contribution is 5.80. The summed E-state index contributed by atoms with van der Waals surface area (Å²) < 4.78 is 5.40. The smallest absolute Gasteiger partial charge is 0.327 e. The minimum Gasteiger partial charge on any atom is -0.423 e. The first-order chi connectivity index (χ1) is 13.2. The molecule has 8 heteroatoms. The van der Waals surface area contributed by atoms with Crippen molar-refractivity contribution in [1.29, 1.82) is 0 Å². The third kappa shape index (κ3) is 5.02. The van der Waals surface area contributed by atoms with Crippen molar-refractivity contribution in [3.8, 4) is 5.75 Å². The fraction of sp³-hybridized carbons (Fsp3) is 0.316. The Labute approximate surface area is 158 Å². The Morgan fingerprint density at radius 3 is 2.59 bits per heavy atom. The SMILES string of the molecule is CN(CC(=O)Oc1ccccc1NC=O)N1CCN(c2ccncc2)CC1. The van der Waals surface area contributed by atoms with Gasteiger partial charge in [0.25, 0.3) is 0 Å². The van der Waals surface area contributed by atoms with Crippen LogP contribution in [-0.2, 0) is 9.59 Å². The molecular weight excluding hydrogens is 346 g/mol. The van der Waals surface area contributed by atoms with E-state index in [9.17, 15) is 9.59 Å². The Morgan fingerprint density at radius 2 is 1.89 bits per heavy atom. The predicted molar refractivity (Wildman–Crippen MR) is 102 cm³/mol. The Morgan fingerprint density at radius 1 is 1.19 bits per heavy atom. The molecule has 1 aliphatic heterocycles. The number of ether oxygens (including phenoxy) is 1. The summed E-state index contributed by atoms with van der Waals surface area (Å²) in [4.78, 5) is 29.3. The summed E-state index contributed by atoms with van der Waals surface area (Å²) in [5.74, 6) is -0.0419. The molecule has 8 nitrogen and oxygen atoms in total. The van der Waals surface area contributed by atoms with E-state index in [2.05, 4.69) is 20.2 Å². The van der Waals surface area contributed by atoms with Crippen LogP contribution >= 0.6 is 0 Å². The molecule has 2 aromatic rings. The molecule has 2 heterocycles. The maximum atomic E-state index is 12.3. The molecule has 0 radical (unpaired) electrons. The molecule has 1 N–H and O–H groups in total. The van der Waals surface area contributed by atoms with Crippen molar-refractivity contribution in [2.75, 3.05) is 50.0 Å². The molecule has 1 aliphatic rings.